The molecule has 0 fully saturated rings. The van der Waals surface area contributed by atoms with Crippen molar-refractivity contribution in [3.05, 3.63) is 65.5 Å². The number of hydrogen-bond donors (Lipinski definition) is 0. The lowest BCUT2D eigenvalue weighted by Gasteiger charge is -2.31. The van der Waals surface area contributed by atoms with E-state index >= 15 is 0 Å². The third-order valence-corrected chi connectivity index (χ3v) is 5.84. The first-order valence-electron chi connectivity index (χ1n) is 6.65. The standard InChI is InChI=1S/C17H17Br2FO/c1-21-16-5-3-2-4-13(16)10-17(11-18,12-19)14-6-8-15(20)9-7-14/h2-9H,10-12H2,1H3. The van der Waals surface area contributed by atoms with Crippen molar-refractivity contribution in [1.82, 2.24) is 0 Å². The highest BCUT2D eigenvalue weighted by Crippen LogP contribution is 2.35. The number of halogens is 3. The van der Waals surface area contributed by atoms with Gasteiger partial charge in [0, 0.05) is 16.1 Å². The highest BCUT2D eigenvalue weighted by atomic mass is 79.9. The topological polar surface area (TPSA) is 9.23 Å². The molecule has 21 heavy (non-hydrogen) atoms. The predicted octanol–water partition coefficient (Wildman–Crippen LogP) is 5.10. The minimum absolute atomic E-state index is 0.150. The third-order valence-electron chi connectivity index (χ3n) is 3.69. The lowest BCUT2D eigenvalue weighted by Crippen LogP contribution is -2.33. The van der Waals surface area contributed by atoms with Gasteiger partial charge in [-0.15, -0.1) is 0 Å². The number of ether oxygens (including phenoxy) is 1. The molecule has 0 aliphatic rings. The van der Waals surface area contributed by atoms with Crippen molar-refractivity contribution in [1.29, 1.82) is 0 Å². The predicted molar refractivity (Wildman–Crippen MR) is 92.4 cm³/mol. The molecule has 4 heteroatoms. The van der Waals surface area contributed by atoms with Crippen molar-refractivity contribution in [2.45, 2.75) is 11.8 Å². The van der Waals surface area contributed by atoms with Gasteiger partial charge in [-0.25, -0.2) is 4.39 Å². The van der Waals surface area contributed by atoms with Crippen molar-refractivity contribution in [2.75, 3.05) is 17.8 Å². The Kier molecular flexibility index (Phi) is 5.82. The van der Waals surface area contributed by atoms with Crippen LogP contribution in [0.1, 0.15) is 11.1 Å². The molecule has 0 bridgehead atoms. The molecule has 0 aromatic heterocycles. The highest BCUT2D eigenvalue weighted by molar-refractivity contribution is 9.09. The summed E-state index contributed by atoms with van der Waals surface area (Å²) in [5.41, 5.74) is 2.09. The molecule has 0 aliphatic heterocycles. The molecule has 0 saturated heterocycles. The Morgan fingerprint density at radius 2 is 1.62 bits per heavy atom. The van der Waals surface area contributed by atoms with E-state index in [0.717, 1.165) is 34.0 Å². The Labute approximate surface area is 141 Å². The van der Waals surface area contributed by atoms with E-state index in [4.69, 9.17) is 4.74 Å². The summed E-state index contributed by atoms with van der Waals surface area (Å²) in [6.45, 7) is 0. The summed E-state index contributed by atoms with van der Waals surface area (Å²) in [6, 6.07) is 14.7. The van der Waals surface area contributed by atoms with Crippen LogP contribution in [0, 0.1) is 5.82 Å². The van der Waals surface area contributed by atoms with Crippen LogP contribution in [0.15, 0.2) is 48.5 Å². The van der Waals surface area contributed by atoms with Crippen LogP contribution in [0.25, 0.3) is 0 Å². The Hall–Kier alpha value is -0.870. The average molecular weight is 416 g/mol. The van der Waals surface area contributed by atoms with E-state index in [1.54, 1.807) is 7.11 Å². The molecule has 0 atom stereocenters. The van der Waals surface area contributed by atoms with Gasteiger partial charge >= 0.3 is 0 Å². The van der Waals surface area contributed by atoms with Crippen LogP contribution in [-0.2, 0) is 11.8 Å². The Balaban J connectivity index is 2.40. The van der Waals surface area contributed by atoms with Crippen LogP contribution in [0.2, 0.25) is 0 Å². The van der Waals surface area contributed by atoms with E-state index in [9.17, 15) is 4.39 Å². The second-order valence-electron chi connectivity index (χ2n) is 5.04. The zero-order valence-corrected chi connectivity index (χ0v) is 15.0. The fourth-order valence-corrected chi connectivity index (χ4v) is 4.38. The van der Waals surface area contributed by atoms with Gasteiger partial charge in [0.05, 0.1) is 7.11 Å². The summed E-state index contributed by atoms with van der Waals surface area (Å²) >= 11 is 7.26. The van der Waals surface area contributed by atoms with E-state index in [1.807, 2.05) is 30.3 Å². The third kappa shape index (κ3) is 3.67. The molecule has 112 valence electrons. The van der Waals surface area contributed by atoms with Gasteiger partial charge in [0.15, 0.2) is 0 Å². The Morgan fingerprint density at radius 1 is 1.00 bits per heavy atom. The molecule has 2 aromatic carbocycles. The van der Waals surface area contributed by atoms with Gasteiger partial charge < -0.3 is 4.74 Å². The van der Waals surface area contributed by atoms with Crippen LogP contribution in [0.3, 0.4) is 0 Å². The first kappa shape index (κ1) is 16.5. The van der Waals surface area contributed by atoms with E-state index in [2.05, 4.69) is 37.9 Å². The molecule has 1 nitrogen and oxygen atoms in total. The molecule has 0 saturated carbocycles. The molecular weight excluding hydrogens is 399 g/mol. The van der Waals surface area contributed by atoms with Gasteiger partial charge in [0.25, 0.3) is 0 Å². The van der Waals surface area contributed by atoms with Crippen LogP contribution in [0.4, 0.5) is 4.39 Å². The van der Waals surface area contributed by atoms with Crippen molar-refractivity contribution in [2.24, 2.45) is 0 Å². The van der Waals surface area contributed by atoms with Crippen molar-refractivity contribution >= 4 is 31.9 Å². The minimum Gasteiger partial charge on any atom is -0.496 e. The van der Waals surface area contributed by atoms with Crippen LogP contribution >= 0.6 is 31.9 Å². The average Bonchev–Trinajstić information content (AvgIpc) is 2.54. The van der Waals surface area contributed by atoms with Crippen LogP contribution < -0.4 is 4.74 Å². The van der Waals surface area contributed by atoms with Gasteiger partial charge in [0.1, 0.15) is 11.6 Å². The summed E-state index contributed by atoms with van der Waals surface area (Å²) in [4.78, 5) is 0. The zero-order chi connectivity index (χ0) is 15.3. The Bertz CT molecular complexity index is 580. The largest absolute Gasteiger partial charge is 0.496 e. The number of methoxy groups -OCH3 is 1. The Morgan fingerprint density at radius 3 is 2.19 bits per heavy atom. The van der Waals surface area contributed by atoms with Gasteiger partial charge in [-0.1, -0.05) is 62.2 Å². The van der Waals surface area contributed by atoms with Gasteiger partial charge in [0.2, 0.25) is 0 Å². The lowest BCUT2D eigenvalue weighted by atomic mass is 9.79. The van der Waals surface area contributed by atoms with Crippen LogP contribution in [-0.4, -0.2) is 17.8 Å². The van der Waals surface area contributed by atoms with Crippen molar-refractivity contribution in [3.8, 4) is 5.75 Å². The second-order valence-corrected chi connectivity index (χ2v) is 6.16. The molecule has 0 spiro atoms. The normalized spacial score (nSPS) is 11.4. The molecule has 0 amide bonds. The number of para-hydroxylation sites is 1. The quantitative estimate of drug-likeness (QED) is 0.596. The van der Waals surface area contributed by atoms with E-state index in [0.29, 0.717) is 0 Å². The zero-order valence-electron chi connectivity index (χ0n) is 11.8. The highest BCUT2D eigenvalue weighted by Gasteiger charge is 2.31. The molecule has 0 N–H and O–H groups in total. The number of hydrogen-bond acceptors (Lipinski definition) is 1. The van der Waals surface area contributed by atoms with Gasteiger partial charge in [-0.05, 0) is 35.7 Å². The second kappa shape index (κ2) is 7.41. The maximum Gasteiger partial charge on any atom is 0.123 e. The number of benzene rings is 2. The summed E-state index contributed by atoms with van der Waals surface area (Å²) in [7, 11) is 1.68. The molecular formula is C17H17Br2FO. The maximum absolute atomic E-state index is 13.2. The van der Waals surface area contributed by atoms with Gasteiger partial charge in [-0.3, -0.25) is 0 Å². The molecule has 0 unspecified atom stereocenters. The minimum atomic E-state index is -0.214. The van der Waals surface area contributed by atoms with Crippen molar-refractivity contribution < 1.29 is 9.13 Å². The SMILES string of the molecule is COc1ccccc1CC(CBr)(CBr)c1ccc(F)cc1. The number of alkyl halides is 2. The fourth-order valence-electron chi connectivity index (χ4n) is 2.40. The monoisotopic (exact) mass is 414 g/mol. The summed E-state index contributed by atoms with van der Waals surface area (Å²) in [5, 5.41) is 1.55. The summed E-state index contributed by atoms with van der Waals surface area (Å²) < 4.78 is 18.6. The first-order chi connectivity index (χ1) is 10.1. The molecule has 0 heterocycles. The fraction of sp³-hybridized carbons (Fsp3) is 0.294. The van der Waals surface area contributed by atoms with Crippen LogP contribution in [0.5, 0.6) is 5.75 Å². The van der Waals surface area contributed by atoms with E-state index in [-0.39, 0.29) is 11.2 Å². The molecule has 2 rings (SSSR count). The summed E-state index contributed by atoms with van der Waals surface area (Å²) in [5.74, 6) is 0.667. The molecule has 2 aromatic rings. The summed E-state index contributed by atoms with van der Waals surface area (Å²) in [6.07, 6.45) is 0.805. The van der Waals surface area contributed by atoms with E-state index in [1.165, 1.54) is 12.1 Å². The van der Waals surface area contributed by atoms with Crippen molar-refractivity contribution in [3.63, 3.8) is 0 Å². The lowest BCUT2D eigenvalue weighted by molar-refractivity contribution is 0.404. The maximum atomic E-state index is 13.2. The smallest absolute Gasteiger partial charge is 0.123 e. The number of rotatable bonds is 6. The van der Waals surface area contributed by atoms with E-state index < -0.39 is 0 Å². The molecule has 0 radical (unpaired) electrons. The first-order valence-corrected chi connectivity index (χ1v) is 8.89. The molecule has 0 aliphatic carbocycles. The van der Waals surface area contributed by atoms with Gasteiger partial charge in [-0.2, -0.15) is 0 Å².